The third-order valence-electron chi connectivity index (χ3n) is 4.31. The van der Waals surface area contributed by atoms with Crippen LogP contribution in [0.2, 0.25) is 5.02 Å². The Hall–Kier alpha value is -2.38. The number of likely N-dealkylation sites (N-methyl/N-ethyl adjacent to an activating group) is 1. The van der Waals surface area contributed by atoms with Gasteiger partial charge in [0, 0.05) is 30.5 Å². The average Bonchev–Trinajstić information content (AvgIpc) is 3.11. The van der Waals surface area contributed by atoms with Crippen molar-refractivity contribution in [1.82, 2.24) is 20.0 Å². The summed E-state index contributed by atoms with van der Waals surface area (Å²) in [4.78, 5) is 26.0. The molecular weight excluding hydrogens is 354 g/mol. The van der Waals surface area contributed by atoms with Gasteiger partial charge in [-0.15, -0.1) is 0 Å². The van der Waals surface area contributed by atoms with Crippen LogP contribution >= 0.6 is 11.6 Å². The van der Waals surface area contributed by atoms with Crippen LogP contribution in [0.25, 0.3) is 0 Å². The first-order valence-corrected chi connectivity index (χ1v) is 8.97. The number of nitrogens with one attached hydrogen (secondary N) is 2. The van der Waals surface area contributed by atoms with Gasteiger partial charge in [0.2, 0.25) is 5.91 Å². The van der Waals surface area contributed by atoms with E-state index in [0.29, 0.717) is 16.4 Å². The van der Waals surface area contributed by atoms with Crippen molar-refractivity contribution in [2.75, 3.05) is 32.0 Å². The number of piperidine rings is 1. The zero-order chi connectivity index (χ0) is 18.5. The van der Waals surface area contributed by atoms with Crippen LogP contribution in [0.15, 0.2) is 36.5 Å². The topological polar surface area (TPSA) is 79.3 Å². The number of halogens is 1. The van der Waals surface area contributed by atoms with Gasteiger partial charge in [-0.3, -0.25) is 14.3 Å². The van der Waals surface area contributed by atoms with Crippen LogP contribution in [0.4, 0.5) is 5.69 Å². The fourth-order valence-corrected chi connectivity index (χ4v) is 3.15. The van der Waals surface area contributed by atoms with E-state index in [1.807, 2.05) is 10.9 Å². The predicted molar refractivity (Wildman–Crippen MR) is 100 cm³/mol. The molecule has 2 amide bonds. The molecule has 138 valence electrons. The van der Waals surface area contributed by atoms with E-state index >= 15 is 0 Å². The Morgan fingerprint density at radius 2 is 2.27 bits per heavy atom. The quantitative estimate of drug-likeness (QED) is 0.839. The number of carbonyl (C=O) groups is 2. The van der Waals surface area contributed by atoms with Crippen molar-refractivity contribution in [1.29, 1.82) is 0 Å². The van der Waals surface area contributed by atoms with Crippen LogP contribution in [0.5, 0.6) is 0 Å². The molecule has 1 saturated heterocycles. The maximum atomic E-state index is 12.5. The summed E-state index contributed by atoms with van der Waals surface area (Å²) in [5.41, 5.74) is 0.936. The molecule has 7 nitrogen and oxygen atoms in total. The summed E-state index contributed by atoms with van der Waals surface area (Å²) in [6.07, 6.45) is 3.96. The number of hydrogen-bond donors (Lipinski definition) is 2. The van der Waals surface area contributed by atoms with Crippen molar-refractivity contribution in [3.63, 3.8) is 0 Å². The Labute approximate surface area is 157 Å². The SMILES string of the molecule is CN(CC(=O)Nc1cccc(Cl)c1)C(=O)c1ccn(C2CCCNC2)n1. The molecule has 0 aliphatic carbocycles. The molecule has 1 aliphatic rings. The number of nitrogens with zero attached hydrogens (tertiary/aromatic N) is 3. The number of amides is 2. The molecule has 2 heterocycles. The molecule has 0 radical (unpaired) electrons. The van der Waals surface area contributed by atoms with Crippen LogP contribution in [-0.2, 0) is 4.79 Å². The standard InChI is InChI=1S/C18H22ClN5O2/c1-23(12-17(25)21-14-5-2-4-13(19)10-14)18(26)16-7-9-24(22-16)15-6-3-8-20-11-15/h2,4-5,7,9-10,15,20H,3,6,8,11-12H2,1H3,(H,21,25). The van der Waals surface area contributed by atoms with Crippen molar-refractivity contribution < 1.29 is 9.59 Å². The lowest BCUT2D eigenvalue weighted by Crippen LogP contribution is -2.35. The normalized spacial score (nSPS) is 16.9. The van der Waals surface area contributed by atoms with E-state index in [9.17, 15) is 9.59 Å². The molecule has 1 aromatic carbocycles. The average molecular weight is 376 g/mol. The molecule has 1 fully saturated rings. The number of anilines is 1. The molecule has 1 unspecified atom stereocenters. The Bertz CT molecular complexity index is 785. The van der Waals surface area contributed by atoms with Crippen molar-refractivity contribution in [2.24, 2.45) is 0 Å². The number of carbonyl (C=O) groups excluding carboxylic acids is 2. The largest absolute Gasteiger partial charge is 0.331 e. The van der Waals surface area contributed by atoms with Crippen molar-refractivity contribution in [3.05, 3.63) is 47.2 Å². The van der Waals surface area contributed by atoms with E-state index in [1.165, 1.54) is 4.90 Å². The lowest BCUT2D eigenvalue weighted by molar-refractivity contribution is -0.116. The van der Waals surface area contributed by atoms with Crippen molar-refractivity contribution in [3.8, 4) is 0 Å². The van der Waals surface area contributed by atoms with Crippen LogP contribution in [-0.4, -0.2) is 53.2 Å². The number of rotatable bonds is 5. The third kappa shape index (κ3) is 4.62. The summed E-state index contributed by atoms with van der Waals surface area (Å²) >= 11 is 5.90. The highest BCUT2D eigenvalue weighted by Crippen LogP contribution is 2.17. The highest BCUT2D eigenvalue weighted by Gasteiger charge is 2.20. The van der Waals surface area contributed by atoms with Gasteiger partial charge < -0.3 is 15.5 Å². The van der Waals surface area contributed by atoms with Gasteiger partial charge in [-0.05, 0) is 43.7 Å². The molecule has 2 aromatic rings. The van der Waals surface area contributed by atoms with E-state index in [4.69, 9.17) is 11.6 Å². The van der Waals surface area contributed by atoms with E-state index in [2.05, 4.69) is 15.7 Å². The van der Waals surface area contributed by atoms with E-state index in [1.54, 1.807) is 37.4 Å². The predicted octanol–water partition coefficient (Wildman–Crippen LogP) is 2.17. The van der Waals surface area contributed by atoms with E-state index in [-0.39, 0.29) is 24.4 Å². The molecule has 8 heteroatoms. The van der Waals surface area contributed by atoms with Crippen LogP contribution in [0.3, 0.4) is 0 Å². The molecule has 1 aliphatic heterocycles. The van der Waals surface area contributed by atoms with Gasteiger partial charge in [0.25, 0.3) is 5.91 Å². The monoisotopic (exact) mass is 375 g/mol. The summed E-state index contributed by atoms with van der Waals surface area (Å²) in [5.74, 6) is -0.576. The number of benzene rings is 1. The molecule has 0 bridgehead atoms. The van der Waals surface area contributed by atoms with Crippen LogP contribution < -0.4 is 10.6 Å². The number of aromatic nitrogens is 2. The van der Waals surface area contributed by atoms with Gasteiger partial charge in [0.15, 0.2) is 0 Å². The summed E-state index contributed by atoms with van der Waals surface area (Å²) in [7, 11) is 1.58. The fraction of sp³-hybridized carbons (Fsp3) is 0.389. The van der Waals surface area contributed by atoms with Gasteiger partial charge in [-0.25, -0.2) is 0 Å². The van der Waals surface area contributed by atoms with Gasteiger partial charge in [-0.2, -0.15) is 5.10 Å². The minimum Gasteiger partial charge on any atom is -0.331 e. The number of hydrogen-bond acceptors (Lipinski definition) is 4. The second kappa shape index (κ2) is 8.33. The fourth-order valence-electron chi connectivity index (χ4n) is 2.96. The smallest absolute Gasteiger partial charge is 0.274 e. The second-order valence-electron chi connectivity index (χ2n) is 6.40. The molecule has 1 aromatic heterocycles. The third-order valence-corrected chi connectivity index (χ3v) is 4.54. The summed E-state index contributed by atoms with van der Waals surface area (Å²) in [5, 5.41) is 11.0. The van der Waals surface area contributed by atoms with Crippen LogP contribution in [0, 0.1) is 0 Å². The highest BCUT2D eigenvalue weighted by atomic mass is 35.5. The van der Waals surface area contributed by atoms with Crippen LogP contribution in [0.1, 0.15) is 29.4 Å². The summed E-state index contributed by atoms with van der Waals surface area (Å²) < 4.78 is 1.83. The highest BCUT2D eigenvalue weighted by molar-refractivity contribution is 6.30. The Balaban J connectivity index is 1.57. The first-order chi connectivity index (χ1) is 12.5. The Morgan fingerprint density at radius 3 is 3.00 bits per heavy atom. The second-order valence-corrected chi connectivity index (χ2v) is 6.84. The molecule has 26 heavy (non-hydrogen) atoms. The van der Waals surface area contributed by atoms with Gasteiger partial charge >= 0.3 is 0 Å². The zero-order valence-corrected chi connectivity index (χ0v) is 15.4. The molecule has 0 saturated carbocycles. The molecule has 0 spiro atoms. The van der Waals surface area contributed by atoms with Crippen molar-refractivity contribution >= 4 is 29.1 Å². The summed E-state index contributed by atoms with van der Waals surface area (Å²) in [6, 6.07) is 8.83. The molecule has 3 rings (SSSR count). The maximum absolute atomic E-state index is 12.5. The van der Waals surface area contributed by atoms with Gasteiger partial charge in [0.05, 0.1) is 12.6 Å². The Morgan fingerprint density at radius 1 is 1.42 bits per heavy atom. The lowest BCUT2D eigenvalue weighted by atomic mass is 10.1. The van der Waals surface area contributed by atoms with Crippen molar-refractivity contribution in [2.45, 2.75) is 18.9 Å². The molecule has 2 N–H and O–H groups in total. The first-order valence-electron chi connectivity index (χ1n) is 8.59. The first kappa shape index (κ1) is 18.4. The Kier molecular flexibility index (Phi) is 5.90. The summed E-state index contributed by atoms with van der Waals surface area (Å²) in [6.45, 7) is 1.81. The van der Waals surface area contributed by atoms with Gasteiger partial charge in [0.1, 0.15) is 5.69 Å². The molecule has 1 atom stereocenters. The van der Waals surface area contributed by atoms with E-state index in [0.717, 1.165) is 25.9 Å². The maximum Gasteiger partial charge on any atom is 0.274 e. The molecular formula is C18H22ClN5O2. The van der Waals surface area contributed by atoms with Gasteiger partial charge in [-0.1, -0.05) is 17.7 Å². The minimum absolute atomic E-state index is 0.0663. The van der Waals surface area contributed by atoms with E-state index < -0.39 is 0 Å². The zero-order valence-electron chi connectivity index (χ0n) is 14.6. The minimum atomic E-state index is -0.293. The lowest BCUT2D eigenvalue weighted by Gasteiger charge is -2.23.